The number of nitrogens with one attached hydrogen (secondary N) is 3. The van der Waals surface area contributed by atoms with E-state index in [1.807, 2.05) is 13.8 Å². The molecule has 0 fully saturated rings. The van der Waals surface area contributed by atoms with Crippen LogP contribution in [0.15, 0.2) is 11.0 Å². The van der Waals surface area contributed by atoms with Gasteiger partial charge in [-0.1, -0.05) is 13.8 Å². The number of carbonyl (C=O) groups excluding carboxylic acids is 1. The fourth-order valence-electron chi connectivity index (χ4n) is 2.04. The molecule has 0 spiro atoms. The zero-order valence-corrected chi connectivity index (χ0v) is 11.7. The minimum absolute atomic E-state index is 0.141. The third-order valence-corrected chi connectivity index (χ3v) is 3.31. The highest BCUT2D eigenvalue weighted by Gasteiger charge is 2.15. The molecule has 0 saturated heterocycles. The number of imidazole rings is 1. The van der Waals surface area contributed by atoms with E-state index in [1.54, 1.807) is 0 Å². The Bertz CT molecular complexity index is 504. The molecule has 20 heavy (non-hydrogen) atoms. The Morgan fingerprint density at radius 3 is 2.55 bits per heavy atom. The summed E-state index contributed by atoms with van der Waals surface area (Å²) >= 11 is 0. The van der Waals surface area contributed by atoms with Gasteiger partial charge in [0.05, 0.1) is 0 Å². The van der Waals surface area contributed by atoms with E-state index in [-0.39, 0.29) is 23.9 Å². The van der Waals surface area contributed by atoms with E-state index in [9.17, 15) is 14.4 Å². The molecule has 0 radical (unpaired) electrons. The molecular weight excluding hydrogens is 262 g/mol. The van der Waals surface area contributed by atoms with Crippen LogP contribution in [0.2, 0.25) is 0 Å². The second kappa shape index (κ2) is 7.52. The van der Waals surface area contributed by atoms with Crippen LogP contribution < -0.4 is 11.0 Å². The molecule has 1 atom stereocenters. The zero-order chi connectivity index (χ0) is 15.1. The smallest absolute Gasteiger partial charge is 0.323 e. The molecule has 7 nitrogen and oxygen atoms in total. The van der Waals surface area contributed by atoms with E-state index in [0.717, 1.165) is 0 Å². The van der Waals surface area contributed by atoms with Gasteiger partial charge in [0.1, 0.15) is 5.69 Å². The SMILES string of the molecule is CC(C)C(CCNC(=O)c1c[nH]c(=O)[nH]1)CCC(=O)O. The molecule has 0 saturated carbocycles. The van der Waals surface area contributed by atoms with Gasteiger partial charge in [-0.2, -0.15) is 0 Å². The minimum atomic E-state index is -0.801. The Hall–Kier alpha value is -2.05. The molecular formula is C13H21N3O4. The Labute approximate surface area is 116 Å². The van der Waals surface area contributed by atoms with Crippen LogP contribution in [0.4, 0.5) is 0 Å². The number of carboxylic acids is 1. The Morgan fingerprint density at radius 2 is 2.05 bits per heavy atom. The molecule has 0 aromatic carbocycles. The van der Waals surface area contributed by atoms with Gasteiger partial charge in [-0.3, -0.25) is 9.59 Å². The summed E-state index contributed by atoms with van der Waals surface area (Å²) in [6.07, 6.45) is 2.78. The molecule has 1 amide bonds. The van der Waals surface area contributed by atoms with Crippen molar-refractivity contribution in [2.45, 2.75) is 33.1 Å². The Kier molecular flexibility index (Phi) is 6.02. The largest absolute Gasteiger partial charge is 0.481 e. The maximum Gasteiger partial charge on any atom is 0.323 e. The first-order valence-corrected chi connectivity index (χ1v) is 6.67. The summed E-state index contributed by atoms with van der Waals surface area (Å²) in [6.45, 7) is 4.53. The molecule has 0 aliphatic carbocycles. The van der Waals surface area contributed by atoms with E-state index in [0.29, 0.717) is 25.3 Å². The van der Waals surface area contributed by atoms with Crippen LogP contribution in [0.25, 0.3) is 0 Å². The van der Waals surface area contributed by atoms with E-state index in [1.165, 1.54) is 6.20 Å². The van der Waals surface area contributed by atoms with Crippen LogP contribution in [0.3, 0.4) is 0 Å². The summed E-state index contributed by atoms with van der Waals surface area (Å²) < 4.78 is 0. The lowest BCUT2D eigenvalue weighted by molar-refractivity contribution is -0.137. The number of aliphatic carboxylic acids is 1. The number of aromatic nitrogens is 2. The van der Waals surface area contributed by atoms with Crippen molar-refractivity contribution in [2.24, 2.45) is 11.8 Å². The lowest BCUT2D eigenvalue weighted by Gasteiger charge is -2.20. The van der Waals surface area contributed by atoms with Crippen molar-refractivity contribution in [1.82, 2.24) is 15.3 Å². The van der Waals surface area contributed by atoms with Crippen LogP contribution in [0, 0.1) is 11.8 Å². The molecule has 1 heterocycles. The lowest BCUT2D eigenvalue weighted by Crippen LogP contribution is -2.27. The molecule has 1 rings (SSSR count). The molecule has 4 N–H and O–H groups in total. The van der Waals surface area contributed by atoms with E-state index in [2.05, 4.69) is 15.3 Å². The molecule has 1 aromatic heterocycles. The second-order valence-electron chi connectivity index (χ2n) is 5.14. The number of hydrogen-bond acceptors (Lipinski definition) is 3. The summed E-state index contributed by atoms with van der Waals surface area (Å²) in [5.74, 6) is -0.538. The van der Waals surface area contributed by atoms with Gasteiger partial charge in [0.2, 0.25) is 0 Å². The highest BCUT2D eigenvalue weighted by Crippen LogP contribution is 2.20. The fourth-order valence-corrected chi connectivity index (χ4v) is 2.04. The summed E-state index contributed by atoms with van der Waals surface area (Å²) in [5, 5.41) is 11.4. The monoisotopic (exact) mass is 283 g/mol. The number of rotatable bonds is 8. The predicted octanol–water partition coefficient (Wildman–Crippen LogP) is 0.960. The molecule has 0 aliphatic heterocycles. The van der Waals surface area contributed by atoms with Crippen molar-refractivity contribution in [3.05, 3.63) is 22.4 Å². The summed E-state index contributed by atoms with van der Waals surface area (Å²) in [5.41, 5.74) is -0.224. The highest BCUT2D eigenvalue weighted by molar-refractivity contribution is 5.91. The third kappa shape index (κ3) is 5.29. The number of carbonyl (C=O) groups is 2. The lowest BCUT2D eigenvalue weighted by atomic mass is 9.88. The van der Waals surface area contributed by atoms with Crippen LogP contribution >= 0.6 is 0 Å². The second-order valence-corrected chi connectivity index (χ2v) is 5.14. The van der Waals surface area contributed by atoms with Gasteiger partial charge in [-0.15, -0.1) is 0 Å². The quantitative estimate of drug-likeness (QED) is 0.568. The van der Waals surface area contributed by atoms with Crippen molar-refractivity contribution in [1.29, 1.82) is 0 Å². The summed E-state index contributed by atoms with van der Waals surface area (Å²) in [4.78, 5) is 37.9. The number of hydrogen-bond donors (Lipinski definition) is 4. The van der Waals surface area contributed by atoms with Crippen molar-refractivity contribution >= 4 is 11.9 Å². The maximum absolute atomic E-state index is 11.7. The van der Waals surface area contributed by atoms with Gasteiger partial charge >= 0.3 is 11.7 Å². The average molecular weight is 283 g/mol. The highest BCUT2D eigenvalue weighted by atomic mass is 16.4. The Morgan fingerprint density at radius 1 is 1.35 bits per heavy atom. The summed E-state index contributed by atoms with van der Waals surface area (Å²) in [6, 6.07) is 0. The Balaban J connectivity index is 2.38. The van der Waals surface area contributed by atoms with Crippen molar-refractivity contribution in [3.8, 4) is 0 Å². The first kappa shape index (κ1) is 16.0. The first-order chi connectivity index (χ1) is 9.40. The molecule has 1 unspecified atom stereocenters. The maximum atomic E-state index is 11.7. The van der Waals surface area contributed by atoms with Gasteiger partial charge in [0, 0.05) is 19.2 Å². The number of amides is 1. The van der Waals surface area contributed by atoms with Crippen molar-refractivity contribution in [3.63, 3.8) is 0 Å². The topological polar surface area (TPSA) is 115 Å². The molecule has 0 bridgehead atoms. The van der Waals surface area contributed by atoms with Crippen LogP contribution in [-0.4, -0.2) is 33.5 Å². The first-order valence-electron chi connectivity index (χ1n) is 6.67. The number of aromatic amines is 2. The van der Waals surface area contributed by atoms with Crippen LogP contribution in [0.1, 0.15) is 43.6 Å². The fraction of sp³-hybridized carbons (Fsp3) is 0.615. The van der Waals surface area contributed by atoms with E-state index >= 15 is 0 Å². The van der Waals surface area contributed by atoms with Crippen LogP contribution in [0.5, 0.6) is 0 Å². The van der Waals surface area contributed by atoms with Crippen molar-refractivity contribution < 1.29 is 14.7 Å². The van der Waals surface area contributed by atoms with Crippen molar-refractivity contribution in [2.75, 3.05) is 6.54 Å². The average Bonchev–Trinajstić information content (AvgIpc) is 2.79. The number of carboxylic acid groups (broad SMARTS) is 1. The molecule has 1 aromatic rings. The zero-order valence-electron chi connectivity index (χ0n) is 11.7. The normalized spacial score (nSPS) is 12.3. The van der Waals surface area contributed by atoms with Gasteiger partial charge in [-0.25, -0.2) is 4.79 Å². The van der Waals surface area contributed by atoms with Gasteiger partial charge < -0.3 is 20.4 Å². The van der Waals surface area contributed by atoms with Gasteiger partial charge in [-0.05, 0) is 24.7 Å². The molecule has 7 heteroatoms. The molecule has 112 valence electrons. The summed E-state index contributed by atoms with van der Waals surface area (Å²) in [7, 11) is 0. The predicted molar refractivity (Wildman–Crippen MR) is 73.6 cm³/mol. The third-order valence-electron chi connectivity index (χ3n) is 3.31. The van der Waals surface area contributed by atoms with Gasteiger partial charge in [0.25, 0.3) is 5.91 Å². The van der Waals surface area contributed by atoms with Crippen LogP contribution in [-0.2, 0) is 4.79 Å². The van der Waals surface area contributed by atoms with E-state index < -0.39 is 11.7 Å². The standard InChI is InChI=1S/C13H21N3O4/c1-8(2)9(3-4-11(17)18)5-6-14-12(19)10-7-15-13(20)16-10/h7-9H,3-6H2,1-2H3,(H,14,19)(H,17,18)(H2,15,16,20). The van der Waals surface area contributed by atoms with E-state index in [4.69, 9.17) is 5.11 Å². The molecule has 0 aliphatic rings. The van der Waals surface area contributed by atoms with Gasteiger partial charge in [0.15, 0.2) is 0 Å². The minimum Gasteiger partial charge on any atom is -0.481 e. The number of H-pyrrole nitrogens is 2.